The van der Waals surface area contributed by atoms with Crippen molar-refractivity contribution in [1.29, 1.82) is 0 Å². The van der Waals surface area contributed by atoms with Crippen LogP contribution in [-0.2, 0) is 11.3 Å². The summed E-state index contributed by atoms with van der Waals surface area (Å²) in [5.74, 6) is 2.41. The van der Waals surface area contributed by atoms with Crippen LogP contribution < -0.4 is 25.3 Å². The summed E-state index contributed by atoms with van der Waals surface area (Å²) in [6.07, 6.45) is 0.992. The molecule has 8 heteroatoms. The average molecular weight is 513 g/mol. The lowest BCUT2D eigenvalue weighted by molar-refractivity contribution is 0.140. The summed E-state index contributed by atoms with van der Waals surface area (Å²) in [4.78, 5) is 4.45. The molecule has 1 aliphatic heterocycles. The fraction of sp³-hybridized carbons (Fsp3) is 0.381. The lowest BCUT2D eigenvalue weighted by atomic mass is 10.1. The number of aliphatic imine (C=N–C) groups is 1. The van der Waals surface area contributed by atoms with Crippen LogP contribution in [0, 0.1) is 6.92 Å². The second-order valence-corrected chi connectivity index (χ2v) is 6.61. The fourth-order valence-electron chi connectivity index (χ4n) is 2.96. The maximum Gasteiger partial charge on any atom is 0.193 e. The molecular weight excluding hydrogens is 485 g/mol. The molecule has 1 atom stereocenters. The Balaban J connectivity index is 0.00000300. The molecule has 1 saturated heterocycles. The van der Waals surface area contributed by atoms with Crippen molar-refractivity contribution in [2.24, 2.45) is 10.7 Å². The van der Waals surface area contributed by atoms with Crippen molar-refractivity contribution in [3.63, 3.8) is 0 Å². The normalized spacial score (nSPS) is 16.1. The summed E-state index contributed by atoms with van der Waals surface area (Å²) in [5, 5.41) is 3.07. The highest BCUT2D eigenvalue weighted by Gasteiger charge is 2.18. The average Bonchev–Trinajstić information content (AvgIpc) is 3.20. The van der Waals surface area contributed by atoms with E-state index >= 15 is 0 Å². The molecule has 2 aromatic carbocycles. The van der Waals surface area contributed by atoms with Gasteiger partial charge in [0.1, 0.15) is 11.9 Å². The Bertz CT molecular complexity index is 839. The van der Waals surface area contributed by atoms with E-state index in [0.29, 0.717) is 30.6 Å². The third kappa shape index (κ3) is 6.40. The highest BCUT2D eigenvalue weighted by atomic mass is 127. The topological polar surface area (TPSA) is 87.3 Å². The van der Waals surface area contributed by atoms with Crippen molar-refractivity contribution in [3.05, 3.63) is 47.5 Å². The van der Waals surface area contributed by atoms with Crippen LogP contribution in [0.2, 0.25) is 0 Å². The molecule has 29 heavy (non-hydrogen) atoms. The maximum atomic E-state index is 6.11. The Morgan fingerprint density at radius 2 is 1.93 bits per heavy atom. The zero-order chi connectivity index (χ0) is 19.9. The summed E-state index contributed by atoms with van der Waals surface area (Å²) in [6.45, 7) is 3.82. The van der Waals surface area contributed by atoms with Crippen molar-refractivity contribution in [3.8, 4) is 17.2 Å². The Morgan fingerprint density at radius 1 is 1.14 bits per heavy atom. The van der Waals surface area contributed by atoms with E-state index in [1.165, 1.54) is 0 Å². The number of halogens is 1. The number of guanidine groups is 1. The Kier molecular flexibility index (Phi) is 8.84. The number of nitrogens with one attached hydrogen (secondary N) is 1. The molecule has 0 spiro atoms. The lowest BCUT2D eigenvalue weighted by Gasteiger charge is -2.16. The molecule has 1 aliphatic rings. The van der Waals surface area contributed by atoms with Gasteiger partial charge in [0.05, 0.1) is 34.0 Å². The van der Waals surface area contributed by atoms with Gasteiger partial charge in [-0.15, -0.1) is 24.0 Å². The number of benzene rings is 2. The van der Waals surface area contributed by atoms with E-state index in [1.54, 1.807) is 14.2 Å². The SMILES string of the molecule is COc1ccc(NC(N)=NCc2ccc(C)cc2OC2CCOC2)cc1OC.I. The number of methoxy groups -OCH3 is 2. The molecule has 1 fully saturated rings. The first-order valence-electron chi connectivity index (χ1n) is 9.22. The third-order valence-corrected chi connectivity index (χ3v) is 4.48. The summed E-state index contributed by atoms with van der Waals surface area (Å²) in [5.41, 5.74) is 8.95. The Labute approximate surface area is 188 Å². The second-order valence-electron chi connectivity index (χ2n) is 6.61. The number of nitrogens with zero attached hydrogens (tertiary/aromatic N) is 1. The van der Waals surface area contributed by atoms with Crippen LogP contribution >= 0.6 is 24.0 Å². The number of hydrogen-bond acceptors (Lipinski definition) is 5. The third-order valence-electron chi connectivity index (χ3n) is 4.48. The van der Waals surface area contributed by atoms with Gasteiger partial charge in [-0.05, 0) is 30.7 Å². The molecule has 1 heterocycles. The Morgan fingerprint density at radius 3 is 2.62 bits per heavy atom. The predicted molar refractivity (Wildman–Crippen MR) is 125 cm³/mol. The van der Waals surface area contributed by atoms with E-state index in [1.807, 2.05) is 43.3 Å². The standard InChI is InChI=1S/C21H27N3O4.HI/c1-14-4-5-15(19(10-14)28-17-8-9-27-13-17)12-23-21(22)24-16-6-7-18(25-2)20(11-16)26-3;/h4-7,10-11,17H,8-9,12-13H2,1-3H3,(H3,22,23,24);1H. The minimum atomic E-state index is 0. The first kappa shape index (κ1) is 23.1. The molecule has 0 radical (unpaired) electrons. The van der Waals surface area contributed by atoms with Gasteiger partial charge in [0.25, 0.3) is 0 Å². The molecule has 3 rings (SSSR count). The minimum absolute atomic E-state index is 0. The van der Waals surface area contributed by atoms with Gasteiger partial charge >= 0.3 is 0 Å². The zero-order valence-corrected chi connectivity index (χ0v) is 19.3. The van der Waals surface area contributed by atoms with E-state index < -0.39 is 0 Å². The number of ether oxygens (including phenoxy) is 4. The monoisotopic (exact) mass is 513 g/mol. The van der Waals surface area contributed by atoms with Gasteiger partial charge < -0.3 is 30.0 Å². The summed E-state index contributed by atoms with van der Waals surface area (Å²) < 4.78 is 22.1. The van der Waals surface area contributed by atoms with Crippen LogP contribution in [0.1, 0.15) is 17.5 Å². The number of rotatable bonds is 7. The van der Waals surface area contributed by atoms with Crippen molar-refractivity contribution < 1.29 is 18.9 Å². The molecular formula is C21H28IN3O4. The largest absolute Gasteiger partial charge is 0.493 e. The summed E-state index contributed by atoms with van der Waals surface area (Å²) >= 11 is 0. The fourth-order valence-corrected chi connectivity index (χ4v) is 2.96. The smallest absolute Gasteiger partial charge is 0.193 e. The molecule has 7 nitrogen and oxygen atoms in total. The molecule has 3 N–H and O–H groups in total. The van der Waals surface area contributed by atoms with Gasteiger partial charge in [0.2, 0.25) is 0 Å². The van der Waals surface area contributed by atoms with E-state index in [4.69, 9.17) is 24.7 Å². The van der Waals surface area contributed by atoms with Crippen LogP contribution in [0.5, 0.6) is 17.2 Å². The van der Waals surface area contributed by atoms with Gasteiger partial charge in [0.15, 0.2) is 17.5 Å². The molecule has 1 unspecified atom stereocenters. The maximum absolute atomic E-state index is 6.11. The number of hydrogen-bond donors (Lipinski definition) is 2. The van der Waals surface area contributed by atoms with Crippen LogP contribution in [0.15, 0.2) is 41.4 Å². The molecule has 0 aliphatic carbocycles. The van der Waals surface area contributed by atoms with Gasteiger partial charge in [-0.3, -0.25) is 0 Å². The van der Waals surface area contributed by atoms with Gasteiger partial charge in [-0.25, -0.2) is 4.99 Å². The van der Waals surface area contributed by atoms with Gasteiger partial charge in [-0.2, -0.15) is 0 Å². The summed E-state index contributed by atoms with van der Waals surface area (Å²) in [7, 11) is 3.19. The molecule has 2 aromatic rings. The van der Waals surface area contributed by atoms with Crippen LogP contribution in [0.3, 0.4) is 0 Å². The highest BCUT2D eigenvalue weighted by molar-refractivity contribution is 14.0. The molecule has 0 bridgehead atoms. The van der Waals surface area contributed by atoms with Crippen molar-refractivity contribution >= 4 is 35.6 Å². The van der Waals surface area contributed by atoms with E-state index in [0.717, 1.165) is 35.6 Å². The van der Waals surface area contributed by atoms with Gasteiger partial charge in [0, 0.05) is 23.7 Å². The van der Waals surface area contributed by atoms with Crippen molar-refractivity contribution in [1.82, 2.24) is 0 Å². The van der Waals surface area contributed by atoms with E-state index in [2.05, 4.69) is 10.3 Å². The van der Waals surface area contributed by atoms with Gasteiger partial charge in [-0.1, -0.05) is 12.1 Å². The second kappa shape index (κ2) is 11.1. The quantitative estimate of drug-likeness (QED) is 0.334. The molecule has 0 amide bonds. The van der Waals surface area contributed by atoms with Crippen molar-refractivity contribution in [2.75, 3.05) is 32.8 Å². The molecule has 158 valence electrons. The number of nitrogens with two attached hydrogens (primary N) is 1. The number of aryl methyl sites for hydroxylation is 1. The minimum Gasteiger partial charge on any atom is -0.493 e. The van der Waals surface area contributed by atoms with E-state index in [9.17, 15) is 0 Å². The first-order chi connectivity index (χ1) is 13.6. The zero-order valence-electron chi connectivity index (χ0n) is 16.9. The van der Waals surface area contributed by atoms with Crippen LogP contribution in [0.25, 0.3) is 0 Å². The first-order valence-corrected chi connectivity index (χ1v) is 9.22. The molecule has 0 aromatic heterocycles. The summed E-state index contributed by atoms with van der Waals surface area (Å²) in [6, 6.07) is 11.6. The Hall–Kier alpha value is -2.20. The van der Waals surface area contributed by atoms with E-state index in [-0.39, 0.29) is 30.1 Å². The van der Waals surface area contributed by atoms with Crippen molar-refractivity contribution in [2.45, 2.75) is 26.0 Å². The number of anilines is 1. The van der Waals surface area contributed by atoms with Crippen LogP contribution in [0.4, 0.5) is 5.69 Å². The van der Waals surface area contributed by atoms with Crippen LogP contribution in [-0.4, -0.2) is 39.5 Å². The lowest BCUT2D eigenvalue weighted by Crippen LogP contribution is -2.22. The highest BCUT2D eigenvalue weighted by Crippen LogP contribution is 2.29. The molecule has 0 saturated carbocycles. The predicted octanol–water partition coefficient (Wildman–Crippen LogP) is 3.72.